The number of nitrogens with zero attached hydrogens (tertiary/aromatic N) is 1. The first-order valence-electron chi connectivity index (χ1n) is 5.89. The third-order valence-electron chi connectivity index (χ3n) is 2.63. The monoisotopic (exact) mass is 307 g/mol. The van der Waals surface area contributed by atoms with E-state index in [0.29, 0.717) is 22.2 Å². The summed E-state index contributed by atoms with van der Waals surface area (Å²) in [5, 5.41) is 9.37. The first-order chi connectivity index (χ1) is 9.99. The maximum atomic E-state index is 11.3. The minimum atomic E-state index is -1.01. The summed E-state index contributed by atoms with van der Waals surface area (Å²) in [6.45, 7) is 0. The lowest BCUT2D eigenvalue weighted by atomic mass is 10.1. The number of methoxy groups -OCH3 is 1. The van der Waals surface area contributed by atoms with Crippen molar-refractivity contribution >= 4 is 23.5 Å². The summed E-state index contributed by atoms with van der Waals surface area (Å²) < 4.78 is 5.19. The van der Waals surface area contributed by atoms with Gasteiger partial charge in [0.25, 0.3) is 5.56 Å². The van der Waals surface area contributed by atoms with Crippen LogP contribution in [0.5, 0.6) is 5.75 Å². The normalized spacial score (nSPS) is 10.3. The van der Waals surface area contributed by atoms with Crippen molar-refractivity contribution < 1.29 is 14.6 Å². The molecule has 21 heavy (non-hydrogen) atoms. The Morgan fingerprint density at radius 3 is 2.86 bits per heavy atom. The number of carbonyl (C=O) groups is 1. The Balaban J connectivity index is 2.23. The van der Waals surface area contributed by atoms with Crippen molar-refractivity contribution in [2.24, 2.45) is 0 Å². The summed E-state index contributed by atoms with van der Waals surface area (Å²) in [5.74, 6) is 0.0714. The number of rotatable bonds is 5. The van der Waals surface area contributed by atoms with Gasteiger partial charge < -0.3 is 20.6 Å². The molecule has 0 spiro atoms. The molecule has 1 aromatic carbocycles. The molecule has 2 rings (SSSR count). The van der Waals surface area contributed by atoms with Gasteiger partial charge in [0, 0.05) is 17.4 Å². The van der Waals surface area contributed by atoms with E-state index in [9.17, 15) is 9.59 Å². The molecule has 0 amide bonds. The number of aromatic carboxylic acids is 1. The molecule has 0 aliphatic carbocycles. The SMILES string of the molecule is COc1ccc(C(=O)O)cc1CSc1nc(N)cc(=O)[nH]1. The van der Waals surface area contributed by atoms with Crippen LogP contribution in [0, 0.1) is 0 Å². The summed E-state index contributed by atoms with van der Waals surface area (Å²) >= 11 is 1.23. The van der Waals surface area contributed by atoms with Crippen molar-refractivity contribution in [2.75, 3.05) is 12.8 Å². The number of aromatic amines is 1. The summed E-state index contributed by atoms with van der Waals surface area (Å²) in [5.41, 5.74) is 6.02. The number of ether oxygens (including phenoxy) is 1. The first-order valence-corrected chi connectivity index (χ1v) is 6.88. The van der Waals surface area contributed by atoms with E-state index in [1.807, 2.05) is 0 Å². The van der Waals surface area contributed by atoms with E-state index in [4.69, 9.17) is 15.6 Å². The third kappa shape index (κ3) is 3.76. The van der Waals surface area contributed by atoms with Crippen LogP contribution in [0.2, 0.25) is 0 Å². The fourth-order valence-corrected chi connectivity index (χ4v) is 2.55. The second-order valence-electron chi connectivity index (χ2n) is 4.10. The second-order valence-corrected chi connectivity index (χ2v) is 5.06. The molecule has 1 heterocycles. The highest BCUT2D eigenvalue weighted by molar-refractivity contribution is 7.98. The number of H-pyrrole nitrogens is 1. The zero-order chi connectivity index (χ0) is 15.4. The quantitative estimate of drug-likeness (QED) is 0.563. The number of carboxylic acids is 1. The largest absolute Gasteiger partial charge is 0.496 e. The first kappa shape index (κ1) is 14.9. The fourth-order valence-electron chi connectivity index (χ4n) is 1.69. The topological polar surface area (TPSA) is 118 Å². The van der Waals surface area contributed by atoms with Crippen molar-refractivity contribution in [2.45, 2.75) is 10.9 Å². The van der Waals surface area contributed by atoms with E-state index in [-0.39, 0.29) is 16.9 Å². The molecule has 0 aliphatic heterocycles. The van der Waals surface area contributed by atoms with Gasteiger partial charge in [-0.3, -0.25) is 4.79 Å². The Morgan fingerprint density at radius 2 is 2.24 bits per heavy atom. The van der Waals surface area contributed by atoms with Gasteiger partial charge in [0.2, 0.25) is 0 Å². The average molecular weight is 307 g/mol. The number of thioether (sulfide) groups is 1. The number of carboxylic acid groups (broad SMARTS) is 1. The van der Waals surface area contributed by atoms with Crippen molar-refractivity contribution in [3.05, 3.63) is 45.7 Å². The molecule has 1 aromatic heterocycles. The Kier molecular flexibility index (Phi) is 4.49. The van der Waals surface area contributed by atoms with Crippen LogP contribution in [0.25, 0.3) is 0 Å². The Hall–Kier alpha value is -2.48. The van der Waals surface area contributed by atoms with Crippen LogP contribution in [0.1, 0.15) is 15.9 Å². The molecule has 0 bridgehead atoms. The molecular formula is C13H13N3O4S. The number of benzene rings is 1. The minimum Gasteiger partial charge on any atom is -0.496 e. The van der Waals surface area contributed by atoms with Gasteiger partial charge in [-0.05, 0) is 18.2 Å². The van der Waals surface area contributed by atoms with Crippen LogP contribution in [-0.4, -0.2) is 28.2 Å². The third-order valence-corrected chi connectivity index (χ3v) is 3.55. The molecule has 2 aromatic rings. The maximum Gasteiger partial charge on any atom is 0.335 e. The standard InChI is InChI=1S/C13H13N3O4S/c1-20-9-3-2-7(12(18)19)4-8(9)6-21-13-15-10(14)5-11(17)16-13/h2-5H,6H2,1H3,(H,18,19)(H3,14,15,16,17). The van der Waals surface area contributed by atoms with Crippen LogP contribution in [0.15, 0.2) is 34.2 Å². The number of anilines is 1. The van der Waals surface area contributed by atoms with Crippen LogP contribution in [0.4, 0.5) is 5.82 Å². The smallest absolute Gasteiger partial charge is 0.335 e. The highest BCUT2D eigenvalue weighted by atomic mass is 32.2. The number of hydrogen-bond donors (Lipinski definition) is 3. The number of nitrogen functional groups attached to an aromatic ring is 1. The van der Waals surface area contributed by atoms with Crippen LogP contribution < -0.4 is 16.0 Å². The van der Waals surface area contributed by atoms with Gasteiger partial charge in [0.15, 0.2) is 5.16 Å². The lowest BCUT2D eigenvalue weighted by molar-refractivity contribution is 0.0696. The predicted octanol–water partition coefficient (Wildman–Crippen LogP) is 1.35. The van der Waals surface area contributed by atoms with Gasteiger partial charge in [0.1, 0.15) is 11.6 Å². The molecule has 0 radical (unpaired) electrons. The van der Waals surface area contributed by atoms with Gasteiger partial charge in [-0.25, -0.2) is 9.78 Å². The van der Waals surface area contributed by atoms with E-state index in [0.717, 1.165) is 0 Å². The lowest BCUT2D eigenvalue weighted by Gasteiger charge is -2.09. The summed E-state index contributed by atoms with van der Waals surface area (Å²) in [6, 6.07) is 5.78. The van der Waals surface area contributed by atoms with E-state index >= 15 is 0 Å². The van der Waals surface area contributed by atoms with Gasteiger partial charge >= 0.3 is 5.97 Å². The predicted molar refractivity (Wildman–Crippen MR) is 78.8 cm³/mol. The number of hydrogen-bond acceptors (Lipinski definition) is 6. The lowest BCUT2D eigenvalue weighted by Crippen LogP contribution is -2.09. The zero-order valence-electron chi connectivity index (χ0n) is 11.1. The van der Waals surface area contributed by atoms with Crippen molar-refractivity contribution in [3.8, 4) is 5.75 Å². The van der Waals surface area contributed by atoms with Gasteiger partial charge in [-0.15, -0.1) is 0 Å². The van der Waals surface area contributed by atoms with E-state index in [1.165, 1.54) is 37.1 Å². The van der Waals surface area contributed by atoms with Crippen LogP contribution >= 0.6 is 11.8 Å². The molecule has 0 unspecified atom stereocenters. The molecule has 0 fully saturated rings. The highest BCUT2D eigenvalue weighted by Gasteiger charge is 2.10. The molecule has 0 atom stereocenters. The number of aromatic nitrogens is 2. The maximum absolute atomic E-state index is 11.3. The Morgan fingerprint density at radius 1 is 1.48 bits per heavy atom. The molecule has 0 saturated carbocycles. The van der Waals surface area contributed by atoms with E-state index < -0.39 is 5.97 Å². The van der Waals surface area contributed by atoms with Gasteiger partial charge in [-0.2, -0.15) is 0 Å². The average Bonchev–Trinajstić information content (AvgIpc) is 2.43. The van der Waals surface area contributed by atoms with Crippen LogP contribution in [-0.2, 0) is 5.75 Å². The van der Waals surface area contributed by atoms with E-state index in [2.05, 4.69) is 9.97 Å². The molecule has 110 valence electrons. The second kappa shape index (κ2) is 6.31. The van der Waals surface area contributed by atoms with Crippen molar-refractivity contribution in [1.29, 1.82) is 0 Å². The highest BCUT2D eigenvalue weighted by Crippen LogP contribution is 2.27. The fraction of sp³-hybridized carbons (Fsp3) is 0.154. The molecule has 4 N–H and O–H groups in total. The van der Waals surface area contributed by atoms with E-state index in [1.54, 1.807) is 6.07 Å². The zero-order valence-corrected chi connectivity index (χ0v) is 11.9. The van der Waals surface area contributed by atoms with Gasteiger partial charge in [0.05, 0.1) is 12.7 Å². The Labute approximate surface area is 124 Å². The molecule has 8 heteroatoms. The Bertz CT molecular complexity index is 730. The molecule has 7 nitrogen and oxygen atoms in total. The molecular weight excluding hydrogens is 294 g/mol. The van der Waals surface area contributed by atoms with Gasteiger partial charge in [-0.1, -0.05) is 11.8 Å². The van der Waals surface area contributed by atoms with Crippen LogP contribution in [0.3, 0.4) is 0 Å². The molecule has 0 aliphatic rings. The number of nitrogens with two attached hydrogens (primary N) is 1. The summed E-state index contributed by atoms with van der Waals surface area (Å²) in [6.07, 6.45) is 0. The minimum absolute atomic E-state index is 0.132. The summed E-state index contributed by atoms with van der Waals surface area (Å²) in [7, 11) is 1.50. The summed E-state index contributed by atoms with van der Waals surface area (Å²) in [4.78, 5) is 28.8. The number of nitrogens with one attached hydrogen (secondary N) is 1. The van der Waals surface area contributed by atoms with Crippen molar-refractivity contribution in [1.82, 2.24) is 9.97 Å². The van der Waals surface area contributed by atoms with Crippen molar-refractivity contribution in [3.63, 3.8) is 0 Å². The molecule has 0 saturated heterocycles.